The Balaban J connectivity index is 1.63. The van der Waals surface area contributed by atoms with Gasteiger partial charge in [0.1, 0.15) is 11.9 Å². The molecule has 0 saturated heterocycles. The summed E-state index contributed by atoms with van der Waals surface area (Å²) in [5.74, 6) is 0.955. The van der Waals surface area contributed by atoms with Crippen LogP contribution in [-0.2, 0) is 4.79 Å². The molecule has 2 aromatic carbocycles. The van der Waals surface area contributed by atoms with E-state index in [9.17, 15) is 9.18 Å². The van der Waals surface area contributed by atoms with Crippen LogP contribution in [0, 0.1) is 11.2 Å². The van der Waals surface area contributed by atoms with Crippen molar-refractivity contribution in [2.45, 2.75) is 32.7 Å². The van der Waals surface area contributed by atoms with Gasteiger partial charge in [-0.1, -0.05) is 26.0 Å². The first kappa shape index (κ1) is 20.4. The van der Waals surface area contributed by atoms with Gasteiger partial charge in [0.05, 0.1) is 0 Å². The van der Waals surface area contributed by atoms with Gasteiger partial charge in [-0.25, -0.2) is 9.07 Å². The van der Waals surface area contributed by atoms with Crippen LogP contribution in [0.4, 0.5) is 16.0 Å². The van der Waals surface area contributed by atoms with Crippen LogP contribution < -0.4 is 10.2 Å². The molecule has 1 aliphatic carbocycles. The predicted molar refractivity (Wildman–Crippen MR) is 123 cm³/mol. The van der Waals surface area contributed by atoms with Gasteiger partial charge >= 0.3 is 0 Å². The molecule has 2 aliphatic rings. The summed E-state index contributed by atoms with van der Waals surface area (Å²) in [7, 11) is 3.99. The lowest BCUT2D eigenvalue weighted by atomic mass is 9.73. The number of ketones is 1. The molecular weight excluding hydrogens is 405 g/mol. The highest BCUT2D eigenvalue weighted by atomic mass is 19.1. The number of Topliss-reactive ketones (excluding diaryl/α,β-unsaturated/α-hetero) is 1. The molecule has 5 rings (SSSR count). The number of nitrogens with one attached hydrogen (secondary N) is 1. The van der Waals surface area contributed by atoms with Gasteiger partial charge in [-0.2, -0.15) is 4.98 Å². The molecule has 0 unspecified atom stereocenters. The highest BCUT2D eigenvalue weighted by Crippen LogP contribution is 2.45. The molecule has 0 radical (unpaired) electrons. The van der Waals surface area contributed by atoms with Crippen molar-refractivity contribution in [2.24, 2.45) is 5.41 Å². The maximum Gasteiger partial charge on any atom is 0.226 e. The van der Waals surface area contributed by atoms with E-state index in [2.05, 4.69) is 19.2 Å². The van der Waals surface area contributed by atoms with Crippen molar-refractivity contribution < 1.29 is 9.18 Å². The van der Waals surface area contributed by atoms with Crippen molar-refractivity contribution in [2.75, 3.05) is 24.3 Å². The van der Waals surface area contributed by atoms with E-state index in [4.69, 9.17) is 10.1 Å². The van der Waals surface area contributed by atoms with Gasteiger partial charge in [0.25, 0.3) is 0 Å². The summed E-state index contributed by atoms with van der Waals surface area (Å²) in [6.45, 7) is 4.20. The molecule has 0 fully saturated rings. The lowest BCUT2D eigenvalue weighted by Crippen LogP contribution is -2.36. The summed E-state index contributed by atoms with van der Waals surface area (Å²) in [6, 6.07) is 13.9. The fraction of sp³-hybridized carbons (Fsp3) is 0.320. The first-order valence-electron chi connectivity index (χ1n) is 10.7. The number of carbonyl (C=O) groups excluding carboxylic acids is 1. The van der Waals surface area contributed by atoms with Crippen molar-refractivity contribution in [1.82, 2.24) is 14.8 Å². The van der Waals surface area contributed by atoms with E-state index < -0.39 is 6.04 Å². The Labute approximate surface area is 186 Å². The topological polar surface area (TPSA) is 63.1 Å². The number of hydrogen-bond donors (Lipinski definition) is 1. The molecule has 164 valence electrons. The Morgan fingerprint density at radius 3 is 2.41 bits per heavy atom. The molecule has 0 amide bonds. The summed E-state index contributed by atoms with van der Waals surface area (Å²) in [5.41, 5.74) is 4.24. The molecule has 0 bridgehead atoms. The number of aromatic nitrogens is 3. The third-order valence-corrected chi connectivity index (χ3v) is 6.16. The average molecular weight is 432 g/mol. The molecule has 32 heavy (non-hydrogen) atoms. The second kappa shape index (κ2) is 7.29. The van der Waals surface area contributed by atoms with Gasteiger partial charge in [0.15, 0.2) is 11.6 Å². The molecule has 1 atom stereocenters. The summed E-state index contributed by atoms with van der Waals surface area (Å²) in [6.07, 6.45) is 1.21. The zero-order valence-electron chi connectivity index (χ0n) is 18.7. The number of rotatable bonds is 3. The lowest BCUT2D eigenvalue weighted by molar-refractivity contribution is -0.118. The second-order valence-electron chi connectivity index (χ2n) is 9.56. The standard InChI is InChI=1S/C25H26FN5O/c1-25(2)13-19-21(20(32)14-25)22(15-5-9-17(26)10-6-15)31-24(27-19)28-23(29-31)16-7-11-18(12-8-16)30(3)4/h5-12,22H,13-14H2,1-4H3,(H,27,28,29)/t22-/m1/s1. The molecule has 3 aromatic rings. The molecule has 1 aromatic heterocycles. The van der Waals surface area contributed by atoms with E-state index in [-0.39, 0.29) is 17.0 Å². The summed E-state index contributed by atoms with van der Waals surface area (Å²) in [4.78, 5) is 20.0. The van der Waals surface area contributed by atoms with Crippen LogP contribution in [0.2, 0.25) is 0 Å². The Hall–Kier alpha value is -3.48. The summed E-state index contributed by atoms with van der Waals surface area (Å²) < 4.78 is 15.4. The Morgan fingerprint density at radius 2 is 1.75 bits per heavy atom. The van der Waals surface area contributed by atoms with Gasteiger partial charge < -0.3 is 10.2 Å². The van der Waals surface area contributed by atoms with Crippen molar-refractivity contribution >= 4 is 17.4 Å². The quantitative estimate of drug-likeness (QED) is 0.645. The molecular formula is C25H26FN5O. The van der Waals surface area contributed by atoms with Gasteiger partial charge in [-0.3, -0.25) is 4.79 Å². The monoisotopic (exact) mass is 431 g/mol. The van der Waals surface area contributed by atoms with E-state index in [1.54, 1.807) is 16.8 Å². The van der Waals surface area contributed by atoms with E-state index in [0.717, 1.165) is 28.9 Å². The Kier molecular flexibility index (Phi) is 4.65. The average Bonchev–Trinajstić information content (AvgIpc) is 3.16. The third kappa shape index (κ3) is 3.47. The van der Waals surface area contributed by atoms with Gasteiger partial charge in [0, 0.05) is 43.0 Å². The second-order valence-corrected chi connectivity index (χ2v) is 9.56. The largest absolute Gasteiger partial charge is 0.378 e. The third-order valence-electron chi connectivity index (χ3n) is 6.16. The van der Waals surface area contributed by atoms with Crippen LogP contribution in [0.5, 0.6) is 0 Å². The SMILES string of the molecule is CN(C)c1ccc(-c2nc3n(n2)[C@H](c2ccc(F)cc2)C2=C(CC(C)(C)CC2=O)N3)cc1. The lowest BCUT2D eigenvalue weighted by Gasteiger charge is -2.38. The summed E-state index contributed by atoms with van der Waals surface area (Å²) in [5, 5.41) is 8.17. The molecule has 6 nitrogen and oxygen atoms in total. The zero-order chi connectivity index (χ0) is 22.6. The van der Waals surface area contributed by atoms with Crippen molar-refractivity contribution in [3.63, 3.8) is 0 Å². The number of benzene rings is 2. The molecule has 1 N–H and O–H groups in total. The van der Waals surface area contributed by atoms with Crippen molar-refractivity contribution in [3.8, 4) is 11.4 Å². The molecule has 1 aliphatic heterocycles. The Morgan fingerprint density at radius 1 is 1.06 bits per heavy atom. The number of anilines is 2. The minimum Gasteiger partial charge on any atom is -0.378 e. The van der Waals surface area contributed by atoms with E-state index >= 15 is 0 Å². The van der Waals surface area contributed by atoms with Crippen LogP contribution in [0.25, 0.3) is 11.4 Å². The zero-order valence-corrected chi connectivity index (χ0v) is 18.7. The number of nitrogens with zero attached hydrogens (tertiary/aromatic N) is 4. The van der Waals surface area contributed by atoms with Gasteiger partial charge in [-0.05, 0) is 53.8 Å². The fourth-order valence-electron chi connectivity index (χ4n) is 4.59. The fourth-order valence-corrected chi connectivity index (χ4v) is 4.59. The van der Waals surface area contributed by atoms with Crippen LogP contribution in [0.15, 0.2) is 59.8 Å². The highest BCUT2D eigenvalue weighted by Gasteiger charge is 2.41. The minimum atomic E-state index is -0.437. The molecule has 7 heteroatoms. The van der Waals surface area contributed by atoms with Crippen LogP contribution in [-0.4, -0.2) is 34.6 Å². The maximum absolute atomic E-state index is 13.6. The van der Waals surface area contributed by atoms with Crippen LogP contribution >= 0.6 is 0 Å². The normalized spacial score (nSPS) is 19.3. The van der Waals surface area contributed by atoms with Crippen LogP contribution in [0.3, 0.4) is 0 Å². The number of fused-ring (bicyclic) bond motifs is 1. The maximum atomic E-state index is 13.6. The summed E-state index contributed by atoms with van der Waals surface area (Å²) >= 11 is 0. The predicted octanol–water partition coefficient (Wildman–Crippen LogP) is 4.81. The number of allylic oxidation sites excluding steroid dienone is 2. The van der Waals surface area contributed by atoms with Crippen LogP contribution in [0.1, 0.15) is 38.3 Å². The number of carbonyl (C=O) groups is 1. The smallest absolute Gasteiger partial charge is 0.226 e. The van der Waals surface area contributed by atoms with Gasteiger partial charge in [-0.15, -0.1) is 5.10 Å². The molecule has 0 saturated carbocycles. The highest BCUT2D eigenvalue weighted by molar-refractivity contribution is 6.00. The number of halogens is 1. The van der Waals surface area contributed by atoms with Gasteiger partial charge in [0.2, 0.25) is 5.95 Å². The van der Waals surface area contributed by atoms with E-state index in [1.807, 2.05) is 43.3 Å². The van der Waals surface area contributed by atoms with Crippen molar-refractivity contribution in [1.29, 1.82) is 0 Å². The first-order chi connectivity index (χ1) is 15.2. The first-order valence-corrected chi connectivity index (χ1v) is 10.7. The minimum absolute atomic E-state index is 0.0936. The number of hydrogen-bond acceptors (Lipinski definition) is 5. The molecule has 2 heterocycles. The molecule has 0 spiro atoms. The van der Waals surface area contributed by atoms with E-state index in [1.165, 1.54) is 12.1 Å². The van der Waals surface area contributed by atoms with E-state index in [0.29, 0.717) is 23.8 Å². The Bertz CT molecular complexity index is 1220. The van der Waals surface area contributed by atoms with Crippen molar-refractivity contribution in [3.05, 3.63) is 71.2 Å².